The van der Waals surface area contributed by atoms with Gasteiger partial charge < -0.3 is 20.6 Å². The average Bonchev–Trinajstić information content (AvgIpc) is 2.26. The molecule has 1 fully saturated rings. The van der Waals surface area contributed by atoms with Crippen LogP contribution in [0.25, 0.3) is 0 Å². The molecule has 3 N–H and O–H groups in total. The number of carbonyl (C=O) groups is 2. The van der Waals surface area contributed by atoms with Gasteiger partial charge in [-0.3, -0.25) is 4.79 Å². The van der Waals surface area contributed by atoms with Gasteiger partial charge in [0.25, 0.3) is 0 Å². The fourth-order valence-corrected chi connectivity index (χ4v) is 1.69. The van der Waals surface area contributed by atoms with Crippen LogP contribution in [0, 0.1) is 0 Å². The minimum Gasteiger partial charge on any atom is -0.481 e. The Morgan fingerprint density at radius 2 is 2.00 bits per heavy atom. The highest BCUT2D eigenvalue weighted by Crippen LogP contribution is 2.10. The van der Waals surface area contributed by atoms with Gasteiger partial charge in [-0.1, -0.05) is 0 Å². The standard InChI is InChI=1S/C10H19N3O3/c1-12(5-4-9(14)15)10(16)13-6-2-8(11)3-7-13/h8H,2-7,11H2,1H3,(H,14,15). The monoisotopic (exact) mass is 229 g/mol. The third kappa shape index (κ3) is 3.69. The molecule has 6 heteroatoms. The predicted molar refractivity (Wildman–Crippen MR) is 59.1 cm³/mol. The van der Waals surface area contributed by atoms with E-state index in [1.165, 1.54) is 4.90 Å². The molecule has 0 aromatic heterocycles. The molecule has 0 aromatic carbocycles. The molecule has 0 unspecified atom stereocenters. The number of nitrogens with two attached hydrogens (primary N) is 1. The summed E-state index contributed by atoms with van der Waals surface area (Å²) in [7, 11) is 1.62. The lowest BCUT2D eigenvalue weighted by Crippen LogP contribution is -2.48. The van der Waals surface area contributed by atoms with E-state index in [-0.39, 0.29) is 25.0 Å². The fourth-order valence-electron chi connectivity index (χ4n) is 1.69. The van der Waals surface area contributed by atoms with Crippen molar-refractivity contribution in [3.8, 4) is 0 Å². The Morgan fingerprint density at radius 1 is 1.44 bits per heavy atom. The van der Waals surface area contributed by atoms with Crippen molar-refractivity contribution in [3.63, 3.8) is 0 Å². The van der Waals surface area contributed by atoms with E-state index in [2.05, 4.69) is 0 Å². The first kappa shape index (κ1) is 12.8. The molecule has 0 saturated carbocycles. The molecular weight excluding hydrogens is 210 g/mol. The smallest absolute Gasteiger partial charge is 0.319 e. The molecule has 92 valence electrons. The summed E-state index contributed by atoms with van der Waals surface area (Å²) in [5.41, 5.74) is 5.74. The predicted octanol–water partition coefficient (Wildman–Crippen LogP) is -0.0640. The normalized spacial score (nSPS) is 17.2. The summed E-state index contributed by atoms with van der Waals surface area (Å²) >= 11 is 0. The second-order valence-electron chi connectivity index (χ2n) is 4.17. The number of urea groups is 1. The minimum absolute atomic E-state index is 0.0183. The Labute approximate surface area is 95.0 Å². The molecule has 1 saturated heterocycles. The molecule has 2 amide bonds. The van der Waals surface area contributed by atoms with Gasteiger partial charge in [-0.25, -0.2) is 4.79 Å². The largest absolute Gasteiger partial charge is 0.481 e. The maximum absolute atomic E-state index is 11.8. The topological polar surface area (TPSA) is 86.9 Å². The van der Waals surface area contributed by atoms with Crippen LogP contribution in [0.5, 0.6) is 0 Å². The lowest BCUT2D eigenvalue weighted by Gasteiger charge is -2.33. The van der Waals surface area contributed by atoms with Crippen molar-refractivity contribution in [2.45, 2.75) is 25.3 Å². The van der Waals surface area contributed by atoms with E-state index < -0.39 is 5.97 Å². The lowest BCUT2D eigenvalue weighted by atomic mass is 10.1. The number of aliphatic carboxylic acids is 1. The van der Waals surface area contributed by atoms with Crippen LogP contribution in [0.4, 0.5) is 4.79 Å². The first-order valence-electron chi connectivity index (χ1n) is 5.48. The number of nitrogens with zero attached hydrogens (tertiary/aromatic N) is 2. The zero-order valence-corrected chi connectivity index (χ0v) is 9.56. The van der Waals surface area contributed by atoms with Crippen LogP contribution in [0.1, 0.15) is 19.3 Å². The number of carboxylic acids is 1. The summed E-state index contributed by atoms with van der Waals surface area (Å²) in [4.78, 5) is 25.4. The average molecular weight is 229 g/mol. The molecule has 0 aliphatic carbocycles. The van der Waals surface area contributed by atoms with Crippen LogP contribution in [-0.2, 0) is 4.79 Å². The number of carbonyl (C=O) groups excluding carboxylic acids is 1. The number of rotatable bonds is 3. The minimum atomic E-state index is -0.889. The van der Waals surface area contributed by atoms with Crippen LogP contribution in [0.2, 0.25) is 0 Å². The highest BCUT2D eigenvalue weighted by atomic mass is 16.4. The molecule has 1 heterocycles. The van der Waals surface area contributed by atoms with Gasteiger partial charge >= 0.3 is 12.0 Å². The summed E-state index contributed by atoms with van der Waals surface area (Å²) < 4.78 is 0. The van der Waals surface area contributed by atoms with Gasteiger partial charge in [0.1, 0.15) is 0 Å². The van der Waals surface area contributed by atoms with E-state index in [9.17, 15) is 9.59 Å². The van der Waals surface area contributed by atoms with Gasteiger partial charge in [0.2, 0.25) is 0 Å². The van der Waals surface area contributed by atoms with Crippen molar-refractivity contribution < 1.29 is 14.7 Å². The van der Waals surface area contributed by atoms with Crippen molar-refractivity contribution in [2.24, 2.45) is 5.73 Å². The molecule has 0 radical (unpaired) electrons. The van der Waals surface area contributed by atoms with Gasteiger partial charge in [0.05, 0.1) is 6.42 Å². The highest BCUT2D eigenvalue weighted by molar-refractivity contribution is 5.75. The number of carboxylic acid groups (broad SMARTS) is 1. The lowest BCUT2D eigenvalue weighted by molar-refractivity contribution is -0.137. The second kappa shape index (κ2) is 5.69. The van der Waals surface area contributed by atoms with Gasteiger partial charge in [-0.2, -0.15) is 0 Å². The molecule has 0 aromatic rings. The summed E-state index contributed by atoms with van der Waals surface area (Å²) in [6, 6.07) is 0.0847. The molecule has 0 bridgehead atoms. The van der Waals surface area contributed by atoms with Crippen molar-refractivity contribution in [1.82, 2.24) is 9.80 Å². The third-order valence-corrected chi connectivity index (χ3v) is 2.80. The fraction of sp³-hybridized carbons (Fsp3) is 0.800. The molecule has 0 spiro atoms. The maximum atomic E-state index is 11.8. The number of piperidine rings is 1. The molecule has 1 rings (SSSR count). The summed E-state index contributed by atoms with van der Waals surface area (Å²) in [6.07, 6.45) is 1.62. The molecule has 1 aliphatic heterocycles. The highest BCUT2D eigenvalue weighted by Gasteiger charge is 2.23. The van der Waals surface area contributed by atoms with E-state index in [4.69, 9.17) is 10.8 Å². The van der Waals surface area contributed by atoms with Crippen LogP contribution >= 0.6 is 0 Å². The Balaban J connectivity index is 2.35. The quantitative estimate of drug-likeness (QED) is 0.709. The number of amides is 2. The molecular formula is C10H19N3O3. The van der Waals surface area contributed by atoms with Crippen LogP contribution in [0.15, 0.2) is 0 Å². The zero-order chi connectivity index (χ0) is 12.1. The van der Waals surface area contributed by atoms with Gasteiger partial charge in [-0.15, -0.1) is 0 Å². The molecule has 16 heavy (non-hydrogen) atoms. The second-order valence-corrected chi connectivity index (χ2v) is 4.17. The first-order chi connectivity index (χ1) is 7.50. The van der Waals surface area contributed by atoms with E-state index in [1.54, 1.807) is 11.9 Å². The zero-order valence-electron chi connectivity index (χ0n) is 9.56. The Kier molecular flexibility index (Phi) is 4.54. The van der Waals surface area contributed by atoms with E-state index in [0.29, 0.717) is 13.1 Å². The summed E-state index contributed by atoms with van der Waals surface area (Å²) in [6.45, 7) is 1.57. The Bertz CT molecular complexity index is 262. The SMILES string of the molecule is CN(CCC(=O)O)C(=O)N1CCC(N)CC1. The molecule has 0 atom stereocenters. The number of likely N-dealkylation sites (tertiary alicyclic amines) is 1. The van der Waals surface area contributed by atoms with Crippen molar-refractivity contribution in [1.29, 1.82) is 0 Å². The van der Waals surface area contributed by atoms with Crippen LogP contribution in [-0.4, -0.2) is 59.6 Å². The molecule has 1 aliphatic rings. The maximum Gasteiger partial charge on any atom is 0.319 e. The van der Waals surface area contributed by atoms with E-state index >= 15 is 0 Å². The number of hydrogen-bond donors (Lipinski definition) is 2. The molecule has 6 nitrogen and oxygen atoms in total. The van der Waals surface area contributed by atoms with Crippen molar-refractivity contribution in [2.75, 3.05) is 26.7 Å². The van der Waals surface area contributed by atoms with E-state index in [1.807, 2.05) is 0 Å². The Morgan fingerprint density at radius 3 is 2.50 bits per heavy atom. The van der Waals surface area contributed by atoms with Gasteiger partial charge in [-0.05, 0) is 12.8 Å². The van der Waals surface area contributed by atoms with Gasteiger partial charge in [0.15, 0.2) is 0 Å². The van der Waals surface area contributed by atoms with Crippen LogP contribution < -0.4 is 5.73 Å². The van der Waals surface area contributed by atoms with Gasteiger partial charge in [0, 0.05) is 32.7 Å². The summed E-state index contributed by atoms with van der Waals surface area (Å²) in [5.74, 6) is -0.889. The van der Waals surface area contributed by atoms with Crippen molar-refractivity contribution >= 4 is 12.0 Å². The first-order valence-corrected chi connectivity index (χ1v) is 5.48. The number of hydrogen-bond acceptors (Lipinski definition) is 3. The Hall–Kier alpha value is -1.30. The third-order valence-electron chi connectivity index (χ3n) is 2.80. The summed E-state index contributed by atoms with van der Waals surface area (Å²) in [5, 5.41) is 8.52. The van der Waals surface area contributed by atoms with Crippen molar-refractivity contribution in [3.05, 3.63) is 0 Å². The van der Waals surface area contributed by atoms with E-state index in [0.717, 1.165) is 12.8 Å². The van der Waals surface area contributed by atoms with Crippen LogP contribution in [0.3, 0.4) is 0 Å².